The van der Waals surface area contributed by atoms with Crippen LogP contribution in [0.3, 0.4) is 0 Å². The predicted octanol–water partition coefficient (Wildman–Crippen LogP) is 4.46. The molecule has 1 heterocycles. The van der Waals surface area contributed by atoms with Crippen LogP contribution in [0.4, 0.5) is 22.8 Å². The van der Waals surface area contributed by atoms with E-state index in [1.807, 2.05) is 0 Å². The zero-order valence-electron chi connectivity index (χ0n) is 22.3. The molecule has 3 N–H and O–H groups in total. The number of methoxy groups -OCH3 is 1. The van der Waals surface area contributed by atoms with Crippen LogP contribution in [-0.4, -0.2) is 75.9 Å². The third-order valence-corrected chi connectivity index (χ3v) is 7.44. The van der Waals surface area contributed by atoms with Crippen LogP contribution in [0.2, 0.25) is 0 Å². The molecule has 0 spiro atoms. The molecule has 0 unspecified atom stereocenters. The molecule has 1 aromatic rings. The van der Waals surface area contributed by atoms with Crippen LogP contribution in [0.25, 0.3) is 0 Å². The molecule has 0 bridgehead atoms. The zero-order valence-corrected chi connectivity index (χ0v) is 22.3. The number of rotatable bonds is 11. The molecule has 2 aliphatic rings. The number of alkyl halides is 2. The molecule has 2 fully saturated rings. The summed E-state index contributed by atoms with van der Waals surface area (Å²) in [5, 5.41) is 8.78. The highest BCUT2D eigenvalue weighted by atomic mass is 19.3. The molecule has 1 aromatic carbocycles. The molecular weight excluding hydrogens is 501 g/mol. The van der Waals surface area contributed by atoms with Gasteiger partial charge in [-0.2, -0.15) is 0 Å². The molecule has 0 aromatic heterocycles. The molecule has 3 amide bonds. The molecular formula is C27H41F3N4O4. The average Bonchev–Trinajstić information content (AvgIpc) is 2.90. The standard InChI is InChI=1S/C27H41F3N4O4/c1-31-17-23(15-19-8-10-27(29,30)11-9-19)33-25(35)34-13-4-6-21(18-34)24(20-5-3-7-22(28)16-20)38-14-12-32-26(36)37-2/h3,5,7,16,19,21,23-24,31H,4,6,8-15,17-18H2,1-2H3,(H,32,36)(H,33,35)/t21-,23+,24+/m1/s1. The number of likely N-dealkylation sites (tertiary alicyclic amines) is 1. The SMILES string of the molecule is CNC[C@H](CC1CCC(F)(F)CC1)NC(=O)N1CCC[C@@H]([C@@H](OCCNC(=O)OC)c2cccc(F)c2)C1. The van der Waals surface area contributed by atoms with E-state index in [1.165, 1.54) is 19.2 Å². The third-order valence-electron chi connectivity index (χ3n) is 7.44. The highest BCUT2D eigenvalue weighted by Crippen LogP contribution is 2.38. The Labute approximate surface area is 223 Å². The first kappa shape index (κ1) is 30.0. The number of nitrogens with one attached hydrogen (secondary N) is 3. The Morgan fingerprint density at radius 3 is 2.66 bits per heavy atom. The first-order valence-electron chi connectivity index (χ1n) is 13.5. The van der Waals surface area contributed by atoms with Crippen molar-refractivity contribution < 1.29 is 32.2 Å². The number of hydrogen-bond acceptors (Lipinski definition) is 5. The number of halogens is 3. The molecule has 214 valence electrons. The van der Waals surface area contributed by atoms with Gasteiger partial charge >= 0.3 is 12.1 Å². The lowest BCUT2D eigenvalue weighted by Gasteiger charge is -2.38. The Morgan fingerprint density at radius 1 is 1.21 bits per heavy atom. The maximum atomic E-state index is 14.0. The Morgan fingerprint density at radius 2 is 1.97 bits per heavy atom. The molecule has 8 nitrogen and oxygen atoms in total. The second-order valence-corrected chi connectivity index (χ2v) is 10.4. The summed E-state index contributed by atoms with van der Waals surface area (Å²) in [6, 6.07) is 5.89. The van der Waals surface area contributed by atoms with Gasteiger partial charge in [-0.25, -0.2) is 22.8 Å². The van der Waals surface area contributed by atoms with Crippen molar-refractivity contribution in [3.8, 4) is 0 Å². The Balaban J connectivity index is 1.61. The summed E-state index contributed by atoms with van der Waals surface area (Å²) in [6.07, 6.45) is 1.94. The minimum Gasteiger partial charge on any atom is -0.453 e. The number of carbonyl (C=O) groups excluding carboxylic acids is 2. The first-order chi connectivity index (χ1) is 18.2. The van der Waals surface area contributed by atoms with Crippen molar-refractivity contribution in [1.82, 2.24) is 20.9 Å². The number of likely N-dealkylation sites (N-methyl/N-ethyl adjacent to an activating group) is 1. The number of nitrogens with zero attached hydrogens (tertiary/aromatic N) is 1. The quantitative estimate of drug-likeness (QED) is 0.359. The number of alkyl carbamates (subject to hydrolysis) is 1. The van der Waals surface area contributed by atoms with E-state index >= 15 is 0 Å². The number of ether oxygens (including phenoxy) is 2. The van der Waals surface area contributed by atoms with Crippen molar-refractivity contribution in [3.05, 3.63) is 35.6 Å². The highest BCUT2D eigenvalue weighted by Gasteiger charge is 2.36. The monoisotopic (exact) mass is 542 g/mol. The van der Waals surface area contributed by atoms with Gasteiger partial charge in [0.05, 0.1) is 19.8 Å². The van der Waals surface area contributed by atoms with Gasteiger partial charge in [0.1, 0.15) is 5.82 Å². The zero-order chi connectivity index (χ0) is 27.5. The third kappa shape index (κ3) is 9.34. The number of piperidine rings is 1. The van der Waals surface area contributed by atoms with Gasteiger partial charge in [-0.1, -0.05) is 12.1 Å². The molecule has 1 aliphatic carbocycles. The van der Waals surface area contributed by atoms with E-state index in [4.69, 9.17) is 4.74 Å². The fourth-order valence-corrected chi connectivity index (χ4v) is 5.48. The van der Waals surface area contributed by atoms with Crippen molar-refractivity contribution in [3.63, 3.8) is 0 Å². The second kappa shape index (κ2) is 14.6. The molecule has 3 rings (SSSR count). The van der Waals surface area contributed by atoms with Crippen LogP contribution in [0.5, 0.6) is 0 Å². The lowest BCUT2D eigenvalue weighted by molar-refractivity contribution is -0.0473. The smallest absolute Gasteiger partial charge is 0.406 e. The lowest BCUT2D eigenvalue weighted by atomic mass is 9.83. The van der Waals surface area contributed by atoms with Gasteiger partial charge in [0, 0.05) is 51.0 Å². The summed E-state index contributed by atoms with van der Waals surface area (Å²) >= 11 is 0. The van der Waals surface area contributed by atoms with Crippen molar-refractivity contribution in [2.45, 2.75) is 63.0 Å². The summed E-state index contributed by atoms with van der Waals surface area (Å²) < 4.78 is 51.9. The number of urea groups is 1. The van der Waals surface area contributed by atoms with Crippen molar-refractivity contribution in [2.75, 3.05) is 46.9 Å². The first-order valence-corrected chi connectivity index (χ1v) is 13.5. The maximum absolute atomic E-state index is 14.0. The van der Waals surface area contributed by atoms with E-state index in [-0.39, 0.29) is 55.7 Å². The second-order valence-electron chi connectivity index (χ2n) is 10.4. The molecule has 1 saturated carbocycles. The number of amides is 3. The molecule has 1 saturated heterocycles. The summed E-state index contributed by atoms with van der Waals surface area (Å²) in [5.41, 5.74) is 0.678. The Bertz CT molecular complexity index is 897. The molecule has 11 heteroatoms. The molecule has 1 aliphatic heterocycles. The molecule has 3 atom stereocenters. The summed E-state index contributed by atoms with van der Waals surface area (Å²) in [5.74, 6) is -2.86. The van der Waals surface area contributed by atoms with E-state index in [9.17, 15) is 22.8 Å². The molecule has 0 radical (unpaired) electrons. The summed E-state index contributed by atoms with van der Waals surface area (Å²) in [6.45, 7) is 2.00. The predicted molar refractivity (Wildman–Crippen MR) is 138 cm³/mol. The molecule has 38 heavy (non-hydrogen) atoms. The van der Waals surface area contributed by atoms with Gasteiger partial charge < -0.3 is 30.3 Å². The Kier molecular flexibility index (Phi) is 11.5. The van der Waals surface area contributed by atoms with Gasteiger partial charge in [-0.3, -0.25) is 0 Å². The van der Waals surface area contributed by atoms with Crippen LogP contribution >= 0.6 is 0 Å². The van der Waals surface area contributed by atoms with Crippen LogP contribution in [-0.2, 0) is 9.47 Å². The Hall–Kier alpha value is -2.53. The average molecular weight is 543 g/mol. The fourth-order valence-electron chi connectivity index (χ4n) is 5.48. The number of carbonyl (C=O) groups is 2. The van der Waals surface area contributed by atoms with Gasteiger partial charge in [0.2, 0.25) is 5.92 Å². The fraction of sp³-hybridized carbons (Fsp3) is 0.704. The van der Waals surface area contributed by atoms with Gasteiger partial charge in [0.15, 0.2) is 0 Å². The van der Waals surface area contributed by atoms with Crippen LogP contribution in [0.15, 0.2) is 24.3 Å². The lowest BCUT2D eigenvalue weighted by Crippen LogP contribution is -2.52. The largest absolute Gasteiger partial charge is 0.453 e. The minimum absolute atomic E-state index is 0.0715. The van der Waals surface area contributed by atoms with E-state index < -0.39 is 18.1 Å². The van der Waals surface area contributed by atoms with E-state index in [1.54, 1.807) is 24.1 Å². The van der Waals surface area contributed by atoms with Gasteiger partial charge in [-0.15, -0.1) is 0 Å². The van der Waals surface area contributed by atoms with E-state index in [0.717, 1.165) is 12.8 Å². The number of benzene rings is 1. The summed E-state index contributed by atoms with van der Waals surface area (Å²) in [7, 11) is 3.09. The van der Waals surface area contributed by atoms with Gasteiger partial charge in [-0.05, 0) is 62.8 Å². The van der Waals surface area contributed by atoms with Crippen molar-refractivity contribution in [2.24, 2.45) is 11.8 Å². The van der Waals surface area contributed by atoms with Gasteiger partial charge in [0.25, 0.3) is 0 Å². The highest BCUT2D eigenvalue weighted by molar-refractivity contribution is 5.74. The summed E-state index contributed by atoms with van der Waals surface area (Å²) in [4.78, 5) is 26.4. The minimum atomic E-state index is -2.57. The van der Waals surface area contributed by atoms with Crippen LogP contribution in [0.1, 0.15) is 56.6 Å². The van der Waals surface area contributed by atoms with Crippen LogP contribution < -0.4 is 16.0 Å². The number of hydrogen-bond donors (Lipinski definition) is 3. The topological polar surface area (TPSA) is 91.9 Å². The van der Waals surface area contributed by atoms with E-state index in [0.29, 0.717) is 44.5 Å². The van der Waals surface area contributed by atoms with Crippen molar-refractivity contribution >= 4 is 12.1 Å². The van der Waals surface area contributed by atoms with E-state index in [2.05, 4.69) is 20.7 Å². The van der Waals surface area contributed by atoms with Crippen molar-refractivity contribution in [1.29, 1.82) is 0 Å². The maximum Gasteiger partial charge on any atom is 0.406 e. The van der Waals surface area contributed by atoms with Crippen LogP contribution in [0, 0.1) is 17.7 Å². The normalized spacial score (nSPS) is 21.4.